The topological polar surface area (TPSA) is 100 Å². The molecule has 1 aliphatic heterocycles. The molecule has 3 aromatic heterocycles. The molecule has 9 heteroatoms. The molecule has 0 aliphatic carbocycles. The highest BCUT2D eigenvalue weighted by Gasteiger charge is 2.32. The predicted octanol–water partition coefficient (Wildman–Crippen LogP) is 2.32. The number of carbonyl (C=O) groups excluding carboxylic acids is 1. The number of fused-ring (bicyclic) bond motifs is 1. The Morgan fingerprint density at radius 2 is 2.00 bits per heavy atom. The highest BCUT2D eigenvalue weighted by atomic mass is 16.6. The molecule has 1 fully saturated rings. The van der Waals surface area contributed by atoms with Crippen molar-refractivity contribution in [3.05, 3.63) is 36.4 Å². The number of carbonyl (C=O) groups is 1. The third kappa shape index (κ3) is 3.74. The van der Waals surface area contributed by atoms with E-state index < -0.39 is 11.7 Å². The summed E-state index contributed by atoms with van der Waals surface area (Å²) in [5.74, 6) is 0. The van der Waals surface area contributed by atoms with Gasteiger partial charge in [0.15, 0.2) is 0 Å². The lowest BCUT2D eigenvalue weighted by Crippen LogP contribution is -2.60. The summed E-state index contributed by atoms with van der Waals surface area (Å²) in [6.45, 7) is 6.76. The Kier molecular flexibility index (Phi) is 4.42. The first kappa shape index (κ1) is 18.8. The Labute approximate surface area is 168 Å². The fourth-order valence-electron chi connectivity index (χ4n) is 3.39. The number of aromatic nitrogens is 4. The molecular formula is C20H23N7O2. The molecule has 1 N–H and O–H groups in total. The van der Waals surface area contributed by atoms with Crippen LogP contribution in [-0.2, 0) is 11.8 Å². The number of ether oxygens (including phenoxy) is 1. The van der Waals surface area contributed by atoms with Gasteiger partial charge in [-0.2, -0.15) is 15.5 Å². The van der Waals surface area contributed by atoms with Gasteiger partial charge in [0.25, 0.3) is 0 Å². The monoisotopic (exact) mass is 393 g/mol. The van der Waals surface area contributed by atoms with Gasteiger partial charge in [-0.05, 0) is 26.8 Å². The van der Waals surface area contributed by atoms with Crippen LogP contribution in [0.1, 0.15) is 26.3 Å². The van der Waals surface area contributed by atoms with E-state index in [2.05, 4.69) is 26.5 Å². The number of rotatable bonds is 3. The molecule has 3 aromatic rings. The van der Waals surface area contributed by atoms with Gasteiger partial charge >= 0.3 is 6.09 Å². The van der Waals surface area contributed by atoms with Crippen LogP contribution in [0, 0.1) is 11.3 Å². The summed E-state index contributed by atoms with van der Waals surface area (Å²) < 4.78 is 8.79. The van der Waals surface area contributed by atoms with Gasteiger partial charge in [0.1, 0.15) is 17.2 Å². The van der Waals surface area contributed by atoms with Crippen LogP contribution in [-0.4, -0.2) is 50.2 Å². The van der Waals surface area contributed by atoms with Gasteiger partial charge < -0.3 is 15.0 Å². The van der Waals surface area contributed by atoms with Gasteiger partial charge in [0, 0.05) is 43.7 Å². The molecular weight excluding hydrogens is 370 g/mol. The molecule has 0 spiro atoms. The van der Waals surface area contributed by atoms with E-state index in [9.17, 15) is 10.1 Å². The highest BCUT2D eigenvalue weighted by Crippen LogP contribution is 2.33. The molecule has 0 aromatic carbocycles. The first-order valence-corrected chi connectivity index (χ1v) is 9.38. The van der Waals surface area contributed by atoms with E-state index in [1.807, 2.05) is 46.3 Å². The van der Waals surface area contributed by atoms with E-state index in [0.717, 1.165) is 22.3 Å². The van der Waals surface area contributed by atoms with Crippen LogP contribution in [0.3, 0.4) is 0 Å². The van der Waals surface area contributed by atoms with Crippen molar-refractivity contribution in [2.24, 2.45) is 7.05 Å². The van der Waals surface area contributed by atoms with Gasteiger partial charge in [-0.1, -0.05) is 0 Å². The maximum Gasteiger partial charge on any atom is 0.407 e. The minimum Gasteiger partial charge on any atom is -0.444 e. The van der Waals surface area contributed by atoms with Crippen molar-refractivity contribution in [1.82, 2.24) is 24.7 Å². The number of alkyl carbamates (subject to hydrolysis) is 1. The number of hydrogen-bond donors (Lipinski definition) is 1. The average molecular weight is 393 g/mol. The van der Waals surface area contributed by atoms with Gasteiger partial charge in [0.05, 0.1) is 29.7 Å². The molecule has 0 atom stereocenters. The van der Waals surface area contributed by atoms with Crippen LogP contribution in [0.2, 0.25) is 0 Å². The maximum absolute atomic E-state index is 12.0. The molecule has 29 heavy (non-hydrogen) atoms. The summed E-state index contributed by atoms with van der Waals surface area (Å²) in [6, 6.07) is 4.24. The average Bonchev–Trinajstić information content (AvgIpc) is 3.21. The summed E-state index contributed by atoms with van der Waals surface area (Å²) >= 11 is 0. The normalized spacial score (nSPS) is 14.5. The minimum absolute atomic E-state index is 0.0135. The lowest BCUT2D eigenvalue weighted by atomic mass is 10.0. The Morgan fingerprint density at radius 1 is 1.24 bits per heavy atom. The van der Waals surface area contributed by atoms with Gasteiger partial charge in [-0.25, -0.2) is 9.31 Å². The molecule has 4 heterocycles. The van der Waals surface area contributed by atoms with Crippen LogP contribution >= 0.6 is 0 Å². The number of hydrogen-bond acceptors (Lipinski definition) is 6. The molecule has 0 radical (unpaired) electrons. The third-order valence-corrected chi connectivity index (χ3v) is 4.69. The second-order valence-corrected chi connectivity index (χ2v) is 8.23. The molecule has 9 nitrogen and oxygen atoms in total. The van der Waals surface area contributed by atoms with Crippen molar-refractivity contribution >= 4 is 17.3 Å². The fraction of sp³-hybridized carbons (Fsp3) is 0.400. The van der Waals surface area contributed by atoms with E-state index in [4.69, 9.17) is 4.74 Å². The molecule has 0 unspecified atom stereocenters. The summed E-state index contributed by atoms with van der Waals surface area (Å²) in [6.07, 6.45) is 6.78. The first-order valence-electron chi connectivity index (χ1n) is 9.38. The summed E-state index contributed by atoms with van der Waals surface area (Å²) in [7, 11) is 1.87. The van der Waals surface area contributed by atoms with Gasteiger partial charge in [-0.3, -0.25) is 4.68 Å². The zero-order chi connectivity index (χ0) is 20.8. The van der Waals surface area contributed by atoms with E-state index >= 15 is 0 Å². The maximum atomic E-state index is 12.0. The van der Waals surface area contributed by atoms with Crippen molar-refractivity contribution in [2.45, 2.75) is 32.4 Å². The second kappa shape index (κ2) is 6.81. The number of amides is 1. The Morgan fingerprint density at radius 3 is 2.62 bits per heavy atom. The van der Waals surface area contributed by atoms with Gasteiger partial charge in [-0.15, -0.1) is 0 Å². The standard InChI is InChI=1S/C20H23N7O2/c1-20(2,3)29-19(28)24-16-11-26(12-16)17-5-13(15-8-22-25(4)9-15)10-27-18(17)14(6-21)7-23-27/h5,7-10,16H,11-12H2,1-4H3,(H,24,28). The summed E-state index contributed by atoms with van der Waals surface area (Å²) in [5, 5.41) is 20.9. The van der Waals surface area contributed by atoms with Crippen LogP contribution in [0.5, 0.6) is 0 Å². The predicted molar refractivity (Wildman–Crippen MR) is 107 cm³/mol. The molecule has 4 rings (SSSR count). The van der Waals surface area contributed by atoms with Crippen LogP contribution in [0.15, 0.2) is 30.9 Å². The van der Waals surface area contributed by atoms with Crippen molar-refractivity contribution in [2.75, 3.05) is 18.0 Å². The number of anilines is 1. The number of pyridine rings is 1. The number of aryl methyl sites for hydroxylation is 1. The van der Waals surface area contributed by atoms with E-state index in [-0.39, 0.29) is 6.04 Å². The number of nitrogens with one attached hydrogen (secondary N) is 1. The van der Waals surface area contributed by atoms with Crippen molar-refractivity contribution in [3.8, 4) is 17.2 Å². The molecule has 1 saturated heterocycles. The van der Waals surface area contributed by atoms with Crippen molar-refractivity contribution < 1.29 is 9.53 Å². The summed E-state index contributed by atoms with van der Waals surface area (Å²) in [5.41, 5.74) is 3.57. The molecule has 1 aliphatic rings. The molecule has 150 valence electrons. The second-order valence-electron chi connectivity index (χ2n) is 8.23. The van der Waals surface area contributed by atoms with Crippen LogP contribution in [0.25, 0.3) is 16.6 Å². The lowest BCUT2D eigenvalue weighted by molar-refractivity contribution is 0.0496. The third-order valence-electron chi connectivity index (χ3n) is 4.69. The van der Waals surface area contributed by atoms with E-state index in [1.165, 1.54) is 0 Å². The zero-order valence-electron chi connectivity index (χ0n) is 16.9. The Bertz CT molecular complexity index is 1110. The fourth-order valence-corrected chi connectivity index (χ4v) is 3.39. The molecule has 1 amide bonds. The minimum atomic E-state index is -0.531. The smallest absolute Gasteiger partial charge is 0.407 e. The lowest BCUT2D eigenvalue weighted by Gasteiger charge is -2.41. The van der Waals surface area contributed by atoms with Crippen LogP contribution in [0.4, 0.5) is 10.5 Å². The highest BCUT2D eigenvalue weighted by molar-refractivity contribution is 5.84. The molecule has 0 saturated carbocycles. The first-order chi connectivity index (χ1) is 13.7. The Balaban J connectivity index is 1.59. The van der Waals surface area contributed by atoms with Crippen LogP contribution < -0.4 is 10.2 Å². The molecule has 0 bridgehead atoms. The largest absolute Gasteiger partial charge is 0.444 e. The van der Waals surface area contributed by atoms with E-state index in [0.29, 0.717) is 18.7 Å². The number of nitriles is 1. The van der Waals surface area contributed by atoms with E-state index in [1.54, 1.807) is 21.6 Å². The van der Waals surface area contributed by atoms with Crippen molar-refractivity contribution in [1.29, 1.82) is 5.26 Å². The van der Waals surface area contributed by atoms with Gasteiger partial charge in [0.2, 0.25) is 0 Å². The quantitative estimate of drug-likeness (QED) is 0.733. The Hall–Kier alpha value is -3.54. The summed E-state index contributed by atoms with van der Waals surface area (Å²) in [4.78, 5) is 14.1. The number of nitrogens with zero attached hydrogens (tertiary/aromatic N) is 6. The SMILES string of the molecule is Cn1cc(-c2cc(N3CC(NC(=O)OC(C)(C)C)C3)c3c(C#N)cnn3c2)cn1. The zero-order valence-corrected chi connectivity index (χ0v) is 16.9. The van der Waals surface area contributed by atoms with Crippen molar-refractivity contribution in [3.63, 3.8) is 0 Å².